The first-order chi connectivity index (χ1) is 15.3. The summed E-state index contributed by atoms with van der Waals surface area (Å²) in [4.78, 5) is 4.17. The van der Waals surface area contributed by atoms with E-state index in [0.717, 1.165) is 12.0 Å². The van der Waals surface area contributed by atoms with Crippen LogP contribution >= 0.6 is 0 Å². The molecule has 5 rings (SSSR count). The van der Waals surface area contributed by atoms with Crippen molar-refractivity contribution in [1.29, 1.82) is 0 Å². The third kappa shape index (κ3) is 4.05. The fourth-order valence-corrected chi connectivity index (χ4v) is 4.81. The molecule has 0 atom stereocenters. The molecule has 156 valence electrons. The minimum atomic E-state index is 0.524. The molecular formula is C28H29N3. The van der Waals surface area contributed by atoms with Gasteiger partial charge in [-0.1, -0.05) is 68.7 Å². The Labute approximate surface area is 184 Å². The van der Waals surface area contributed by atoms with E-state index < -0.39 is 0 Å². The van der Waals surface area contributed by atoms with Gasteiger partial charge in [0, 0.05) is 17.8 Å². The van der Waals surface area contributed by atoms with Crippen molar-refractivity contribution in [1.82, 2.24) is 14.8 Å². The van der Waals surface area contributed by atoms with Crippen molar-refractivity contribution in [2.45, 2.75) is 51.5 Å². The summed E-state index contributed by atoms with van der Waals surface area (Å²) in [6.45, 7) is 2.21. The average molecular weight is 408 g/mol. The molecule has 31 heavy (non-hydrogen) atoms. The maximum atomic E-state index is 5.08. The molecule has 0 aliphatic heterocycles. The Balaban J connectivity index is 1.67. The highest BCUT2D eigenvalue weighted by Gasteiger charge is 2.20. The monoisotopic (exact) mass is 407 g/mol. The molecule has 0 N–H and O–H groups in total. The van der Waals surface area contributed by atoms with Gasteiger partial charge >= 0.3 is 0 Å². The van der Waals surface area contributed by atoms with E-state index in [0.29, 0.717) is 6.04 Å². The van der Waals surface area contributed by atoms with Crippen molar-refractivity contribution < 1.29 is 0 Å². The second kappa shape index (κ2) is 8.89. The smallest absolute Gasteiger partial charge is 0.0700 e. The Bertz CT molecular complexity index is 1180. The zero-order valence-electron chi connectivity index (χ0n) is 18.2. The van der Waals surface area contributed by atoms with Crippen LogP contribution in [0.1, 0.15) is 67.5 Å². The van der Waals surface area contributed by atoms with Gasteiger partial charge in [-0.05, 0) is 65.8 Å². The Morgan fingerprint density at radius 2 is 1.71 bits per heavy atom. The zero-order valence-corrected chi connectivity index (χ0v) is 18.2. The van der Waals surface area contributed by atoms with E-state index in [1.807, 2.05) is 12.4 Å². The van der Waals surface area contributed by atoms with Crippen LogP contribution in [0.25, 0.3) is 22.6 Å². The molecule has 0 radical (unpaired) electrons. The van der Waals surface area contributed by atoms with Gasteiger partial charge < -0.3 is 0 Å². The van der Waals surface area contributed by atoms with E-state index in [4.69, 9.17) is 5.10 Å². The number of fused-ring (bicyclic) bond motifs is 1. The highest BCUT2D eigenvalue weighted by molar-refractivity contribution is 5.95. The second-order valence-electron chi connectivity index (χ2n) is 8.47. The highest BCUT2D eigenvalue weighted by Crippen LogP contribution is 2.34. The number of rotatable bonds is 5. The highest BCUT2D eigenvalue weighted by atomic mass is 15.3. The van der Waals surface area contributed by atoms with Crippen LogP contribution in [-0.2, 0) is 6.42 Å². The van der Waals surface area contributed by atoms with E-state index in [1.165, 1.54) is 65.4 Å². The molecule has 0 spiro atoms. The fraction of sp³-hybridized carbons (Fsp3) is 0.286. The van der Waals surface area contributed by atoms with Crippen molar-refractivity contribution in [3.05, 3.63) is 95.4 Å². The summed E-state index contributed by atoms with van der Waals surface area (Å²) < 4.78 is 2.34. The molecule has 1 aliphatic rings. The van der Waals surface area contributed by atoms with Crippen LogP contribution in [-0.4, -0.2) is 14.8 Å². The van der Waals surface area contributed by atoms with Crippen molar-refractivity contribution in [3.8, 4) is 0 Å². The number of hydrogen-bond acceptors (Lipinski definition) is 2. The summed E-state index contributed by atoms with van der Waals surface area (Å²) in [5.41, 5.74) is 7.32. The predicted molar refractivity (Wildman–Crippen MR) is 129 cm³/mol. The average Bonchev–Trinajstić information content (AvgIpc) is 3.22. The Morgan fingerprint density at radius 1 is 0.935 bits per heavy atom. The van der Waals surface area contributed by atoms with Crippen LogP contribution < -0.4 is 0 Å². The molecule has 1 saturated carbocycles. The van der Waals surface area contributed by atoms with Crippen molar-refractivity contribution in [2.75, 3.05) is 0 Å². The topological polar surface area (TPSA) is 30.7 Å². The van der Waals surface area contributed by atoms with Crippen LogP contribution in [0.2, 0.25) is 0 Å². The molecule has 0 bridgehead atoms. The number of benzene rings is 2. The van der Waals surface area contributed by atoms with Crippen LogP contribution in [0.5, 0.6) is 0 Å². The molecule has 1 fully saturated rings. The lowest BCUT2D eigenvalue weighted by atomic mass is 9.94. The van der Waals surface area contributed by atoms with E-state index in [9.17, 15) is 0 Å². The normalized spacial score (nSPS) is 15.5. The molecule has 4 aromatic rings. The number of aromatic nitrogens is 3. The summed E-state index contributed by atoms with van der Waals surface area (Å²) in [5.74, 6) is 0. The van der Waals surface area contributed by atoms with Crippen LogP contribution in [0.3, 0.4) is 0 Å². The number of hydrogen-bond donors (Lipinski definition) is 0. The first-order valence-corrected chi connectivity index (χ1v) is 11.5. The van der Waals surface area contributed by atoms with Gasteiger partial charge in [0.25, 0.3) is 0 Å². The lowest BCUT2D eigenvalue weighted by Crippen LogP contribution is -2.14. The van der Waals surface area contributed by atoms with Gasteiger partial charge in [-0.3, -0.25) is 9.67 Å². The third-order valence-electron chi connectivity index (χ3n) is 6.45. The molecule has 3 nitrogen and oxygen atoms in total. The van der Waals surface area contributed by atoms with Crippen LogP contribution in [0.15, 0.2) is 73.1 Å². The van der Waals surface area contributed by atoms with Crippen LogP contribution in [0, 0.1) is 0 Å². The predicted octanol–water partition coefficient (Wildman–Crippen LogP) is 7.09. The standard InChI is InChI=1S/C28H29N3/c1-2-27-25-14-13-23(20-28(25)31(30-27)24-11-7-4-8-12-24)26(22-9-5-3-6-10-22)19-21-15-17-29-18-16-21/h3,5-6,9-10,13-20,24H,2,4,7-8,11-12H2,1H3. The summed E-state index contributed by atoms with van der Waals surface area (Å²) in [5, 5.41) is 6.38. The molecule has 0 saturated heterocycles. The minimum Gasteiger partial charge on any atom is -0.265 e. The Kier molecular flexibility index (Phi) is 5.66. The zero-order chi connectivity index (χ0) is 21.0. The molecule has 2 heterocycles. The molecule has 0 amide bonds. The van der Waals surface area contributed by atoms with Gasteiger partial charge in [0.1, 0.15) is 0 Å². The number of nitrogens with zero attached hydrogens (tertiary/aromatic N) is 3. The third-order valence-corrected chi connectivity index (χ3v) is 6.45. The van der Waals surface area contributed by atoms with Gasteiger partial charge in [0.15, 0.2) is 0 Å². The van der Waals surface area contributed by atoms with Crippen molar-refractivity contribution >= 4 is 22.6 Å². The summed E-state index contributed by atoms with van der Waals surface area (Å²) in [7, 11) is 0. The summed E-state index contributed by atoms with van der Waals surface area (Å²) in [6.07, 6.45) is 13.4. The SMILES string of the molecule is CCc1nn(C2CCCCC2)c2cc(C(=Cc3ccncc3)c3ccccc3)ccc12. The summed E-state index contributed by atoms with van der Waals surface area (Å²) >= 11 is 0. The molecule has 1 aliphatic carbocycles. The number of pyridine rings is 1. The van der Waals surface area contributed by atoms with E-state index in [1.54, 1.807) is 0 Å². The molecule has 2 aromatic heterocycles. The van der Waals surface area contributed by atoms with Crippen molar-refractivity contribution in [2.24, 2.45) is 0 Å². The molecule has 3 heteroatoms. The van der Waals surface area contributed by atoms with Gasteiger partial charge in [-0.15, -0.1) is 0 Å². The second-order valence-corrected chi connectivity index (χ2v) is 8.47. The van der Waals surface area contributed by atoms with Gasteiger partial charge in [0.2, 0.25) is 0 Å². The largest absolute Gasteiger partial charge is 0.265 e. The van der Waals surface area contributed by atoms with Crippen molar-refractivity contribution in [3.63, 3.8) is 0 Å². The molecule has 2 aromatic carbocycles. The van der Waals surface area contributed by atoms with Crippen LogP contribution in [0.4, 0.5) is 0 Å². The minimum absolute atomic E-state index is 0.524. The number of aryl methyl sites for hydroxylation is 1. The lowest BCUT2D eigenvalue weighted by molar-refractivity contribution is 0.336. The van der Waals surface area contributed by atoms with E-state index in [2.05, 4.69) is 83.3 Å². The quantitative estimate of drug-likeness (QED) is 0.354. The first kappa shape index (κ1) is 19.7. The maximum Gasteiger partial charge on any atom is 0.0700 e. The Morgan fingerprint density at radius 3 is 2.45 bits per heavy atom. The van der Waals surface area contributed by atoms with Gasteiger partial charge in [-0.2, -0.15) is 5.10 Å². The lowest BCUT2D eigenvalue weighted by Gasteiger charge is -2.23. The van der Waals surface area contributed by atoms with Gasteiger partial charge in [0.05, 0.1) is 17.3 Å². The van der Waals surface area contributed by atoms with E-state index >= 15 is 0 Å². The Hall–Kier alpha value is -3.20. The molecular weight excluding hydrogens is 378 g/mol. The van der Waals surface area contributed by atoms with E-state index in [-0.39, 0.29) is 0 Å². The molecule has 0 unspecified atom stereocenters. The first-order valence-electron chi connectivity index (χ1n) is 11.5. The van der Waals surface area contributed by atoms with Gasteiger partial charge in [-0.25, -0.2) is 0 Å². The fourth-order valence-electron chi connectivity index (χ4n) is 4.81. The summed E-state index contributed by atoms with van der Waals surface area (Å²) in [6, 6.07) is 22.2. The maximum absolute atomic E-state index is 5.08.